The van der Waals surface area contributed by atoms with E-state index in [4.69, 9.17) is 0 Å². The van der Waals surface area contributed by atoms with Crippen LogP contribution in [-0.4, -0.2) is 28.1 Å². The first-order valence-electron chi connectivity index (χ1n) is 7.69. The number of alkyl halides is 3. The van der Waals surface area contributed by atoms with Gasteiger partial charge in [0.15, 0.2) is 0 Å². The number of phenolic OH excluding ortho intramolecular Hbond substituents is 1. The number of aliphatic carboxylic acids is 1. The Bertz CT molecular complexity index is 879. The van der Waals surface area contributed by atoms with E-state index in [0.29, 0.717) is 17.7 Å². The van der Waals surface area contributed by atoms with Crippen molar-refractivity contribution in [2.75, 3.05) is 0 Å². The first-order valence-corrected chi connectivity index (χ1v) is 7.69. The summed E-state index contributed by atoms with van der Waals surface area (Å²) in [6.45, 7) is 0. The van der Waals surface area contributed by atoms with Crippen molar-refractivity contribution >= 4 is 11.9 Å². The van der Waals surface area contributed by atoms with Gasteiger partial charge in [-0.25, -0.2) is 0 Å². The molecule has 0 heterocycles. The minimum Gasteiger partial charge on any atom is -0.508 e. The Hall–Kier alpha value is -3.03. The first kappa shape index (κ1) is 17.8. The third-order valence-electron chi connectivity index (χ3n) is 4.32. The van der Waals surface area contributed by atoms with Gasteiger partial charge in [-0.3, -0.25) is 9.59 Å². The molecule has 136 valence electrons. The van der Waals surface area contributed by atoms with Gasteiger partial charge in [0.25, 0.3) is 5.91 Å². The molecular formula is C18H14F3NO4. The molecule has 26 heavy (non-hydrogen) atoms. The molecule has 0 saturated heterocycles. The number of nitrogens with one attached hydrogen (secondary N) is 1. The lowest BCUT2D eigenvalue weighted by Gasteiger charge is -2.19. The number of carbonyl (C=O) groups excluding carboxylic acids is 1. The summed E-state index contributed by atoms with van der Waals surface area (Å²) in [6, 6.07) is 8.06. The van der Waals surface area contributed by atoms with Gasteiger partial charge in [0.05, 0.1) is 11.6 Å². The number of fused-ring (bicyclic) bond motifs is 1. The molecule has 0 bridgehead atoms. The van der Waals surface area contributed by atoms with Crippen LogP contribution in [0.25, 0.3) is 0 Å². The molecule has 0 radical (unpaired) electrons. The second-order valence-corrected chi connectivity index (χ2v) is 6.07. The fourth-order valence-corrected chi connectivity index (χ4v) is 3.19. The van der Waals surface area contributed by atoms with Crippen LogP contribution in [0.3, 0.4) is 0 Å². The number of rotatable bonds is 3. The number of amides is 1. The van der Waals surface area contributed by atoms with E-state index in [1.807, 2.05) is 0 Å². The van der Waals surface area contributed by atoms with E-state index >= 15 is 0 Å². The number of hydrogen-bond donors (Lipinski definition) is 3. The maximum atomic E-state index is 12.8. The average molecular weight is 365 g/mol. The molecular weight excluding hydrogens is 351 g/mol. The Morgan fingerprint density at radius 2 is 1.81 bits per heavy atom. The normalized spacial score (nSPS) is 19.0. The van der Waals surface area contributed by atoms with Crippen molar-refractivity contribution in [1.29, 1.82) is 0 Å². The maximum absolute atomic E-state index is 12.8. The van der Waals surface area contributed by atoms with Crippen molar-refractivity contribution in [3.05, 3.63) is 64.7 Å². The first-order chi connectivity index (χ1) is 12.2. The molecule has 5 nitrogen and oxygen atoms in total. The molecule has 0 aliphatic heterocycles. The number of carboxylic acid groups (broad SMARTS) is 1. The van der Waals surface area contributed by atoms with Gasteiger partial charge in [0.2, 0.25) is 0 Å². The number of halogens is 3. The van der Waals surface area contributed by atoms with Crippen LogP contribution in [0.4, 0.5) is 13.2 Å². The van der Waals surface area contributed by atoms with Gasteiger partial charge >= 0.3 is 12.1 Å². The second-order valence-electron chi connectivity index (χ2n) is 6.07. The standard InChI is InChI=1S/C18H14F3NO4/c19-18(20,21)11-5-10(6-12(23)8-11)16(24)22-14-7-9-3-1-2-4-13(9)15(14)17(25)26/h1-6,8,14-15,23H,7H2,(H,22,24)(H,25,26). The predicted molar refractivity (Wildman–Crippen MR) is 84.9 cm³/mol. The molecule has 0 aromatic heterocycles. The molecule has 0 fully saturated rings. The lowest BCUT2D eigenvalue weighted by molar-refractivity contribution is -0.139. The summed E-state index contributed by atoms with van der Waals surface area (Å²) < 4.78 is 38.5. The minimum absolute atomic E-state index is 0.254. The van der Waals surface area contributed by atoms with E-state index in [-0.39, 0.29) is 6.42 Å². The van der Waals surface area contributed by atoms with Crippen LogP contribution in [0.15, 0.2) is 42.5 Å². The van der Waals surface area contributed by atoms with Gasteiger partial charge in [-0.15, -0.1) is 0 Å². The maximum Gasteiger partial charge on any atom is 0.416 e. The molecule has 0 saturated carbocycles. The van der Waals surface area contributed by atoms with E-state index in [1.54, 1.807) is 24.3 Å². The average Bonchev–Trinajstić information content (AvgIpc) is 2.91. The van der Waals surface area contributed by atoms with Crippen molar-refractivity contribution in [3.8, 4) is 5.75 Å². The summed E-state index contributed by atoms with van der Waals surface area (Å²) in [5, 5.41) is 21.4. The van der Waals surface area contributed by atoms with E-state index in [0.717, 1.165) is 11.6 Å². The van der Waals surface area contributed by atoms with E-state index in [2.05, 4.69) is 5.32 Å². The van der Waals surface area contributed by atoms with Crippen LogP contribution >= 0.6 is 0 Å². The summed E-state index contributed by atoms with van der Waals surface area (Å²) in [6.07, 6.45) is -4.47. The zero-order chi connectivity index (χ0) is 19.1. The van der Waals surface area contributed by atoms with Crippen molar-refractivity contribution in [2.45, 2.75) is 24.6 Å². The molecule has 2 atom stereocenters. The predicted octanol–water partition coefficient (Wildman–Crippen LogP) is 2.93. The van der Waals surface area contributed by atoms with E-state index in [1.165, 1.54) is 0 Å². The SMILES string of the molecule is O=C(NC1Cc2ccccc2C1C(=O)O)c1cc(O)cc(C(F)(F)F)c1. The topological polar surface area (TPSA) is 86.6 Å². The summed E-state index contributed by atoms with van der Waals surface area (Å²) in [5.41, 5.74) is -0.223. The van der Waals surface area contributed by atoms with Crippen LogP contribution in [0.2, 0.25) is 0 Å². The van der Waals surface area contributed by atoms with Crippen LogP contribution in [-0.2, 0) is 17.4 Å². The zero-order valence-electron chi connectivity index (χ0n) is 13.2. The molecule has 2 aromatic rings. The minimum atomic E-state index is -4.72. The summed E-state index contributed by atoms with van der Waals surface area (Å²) in [7, 11) is 0. The Kier molecular flexibility index (Phi) is 4.35. The number of hydrogen-bond acceptors (Lipinski definition) is 3. The van der Waals surface area contributed by atoms with Gasteiger partial charge in [0, 0.05) is 5.56 Å². The molecule has 0 spiro atoms. The van der Waals surface area contributed by atoms with Crippen LogP contribution in [0, 0.1) is 0 Å². The monoisotopic (exact) mass is 365 g/mol. The Morgan fingerprint density at radius 1 is 1.12 bits per heavy atom. The van der Waals surface area contributed by atoms with Crippen LogP contribution < -0.4 is 5.32 Å². The molecule has 8 heteroatoms. The Labute approximate surface area is 146 Å². The van der Waals surface area contributed by atoms with Gasteiger partial charge in [0.1, 0.15) is 11.7 Å². The summed E-state index contributed by atoms with van der Waals surface area (Å²) in [5.74, 6) is -3.70. The third-order valence-corrected chi connectivity index (χ3v) is 4.32. The number of carboxylic acids is 1. The van der Waals surface area contributed by atoms with Gasteiger partial charge < -0.3 is 15.5 Å². The summed E-state index contributed by atoms with van der Waals surface area (Å²) >= 11 is 0. The van der Waals surface area contributed by atoms with E-state index in [9.17, 15) is 33.0 Å². The van der Waals surface area contributed by atoms with Crippen LogP contribution in [0.5, 0.6) is 5.75 Å². The lowest BCUT2D eigenvalue weighted by atomic mass is 9.98. The van der Waals surface area contributed by atoms with Crippen molar-refractivity contribution in [2.24, 2.45) is 0 Å². The fourth-order valence-electron chi connectivity index (χ4n) is 3.19. The quantitative estimate of drug-likeness (QED) is 0.781. The highest BCUT2D eigenvalue weighted by Crippen LogP contribution is 2.35. The lowest BCUT2D eigenvalue weighted by Crippen LogP contribution is -2.40. The highest BCUT2D eigenvalue weighted by atomic mass is 19.4. The van der Waals surface area contributed by atoms with Crippen molar-refractivity contribution < 1.29 is 33.0 Å². The van der Waals surface area contributed by atoms with Gasteiger partial charge in [-0.2, -0.15) is 13.2 Å². The molecule has 1 amide bonds. The van der Waals surface area contributed by atoms with Gasteiger partial charge in [-0.05, 0) is 35.7 Å². The summed E-state index contributed by atoms with van der Waals surface area (Å²) in [4.78, 5) is 24.0. The fraction of sp³-hybridized carbons (Fsp3) is 0.222. The van der Waals surface area contributed by atoms with Crippen molar-refractivity contribution in [1.82, 2.24) is 5.32 Å². The molecule has 1 aliphatic carbocycles. The zero-order valence-corrected chi connectivity index (χ0v) is 13.2. The molecule has 2 aromatic carbocycles. The molecule has 2 unspecified atom stereocenters. The molecule has 1 aliphatic rings. The second kappa shape index (κ2) is 6.36. The smallest absolute Gasteiger partial charge is 0.416 e. The highest BCUT2D eigenvalue weighted by molar-refractivity contribution is 5.95. The Balaban J connectivity index is 1.87. The third kappa shape index (κ3) is 3.35. The number of phenols is 1. The van der Waals surface area contributed by atoms with Gasteiger partial charge in [-0.1, -0.05) is 24.3 Å². The van der Waals surface area contributed by atoms with Crippen LogP contribution in [0.1, 0.15) is 33.0 Å². The largest absolute Gasteiger partial charge is 0.508 e. The highest BCUT2D eigenvalue weighted by Gasteiger charge is 2.39. The molecule has 3 rings (SSSR count). The number of carbonyl (C=O) groups is 2. The Morgan fingerprint density at radius 3 is 2.46 bits per heavy atom. The molecule has 3 N–H and O–H groups in total. The van der Waals surface area contributed by atoms with Crippen molar-refractivity contribution in [3.63, 3.8) is 0 Å². The number of aromatic hydroxyl groups is 1. The van der Waals surface area contributed by atoms with E-state index < -0.39 is 46.9 Å². The number of benzene rings is 2.